The molecule has 0 spiro atoms. The van der Waals surface area contributed by atoms with Gasteiger partial charge >= 0.3 is 0 Å². The quantitative estimate of drug-likeness (QED) is 0.711. The fourth-order valence-corrected chi connectivity index (χ4v) is 4.19. The largest absolute Gasteiger partial charge is 0.323 e. The van der Waals surface area contributed by atoms with Gasteiger partial charge in [0.25, 0.3) is 0 Å². The average molecular weight is 442 g/mol. The zero-order chi connectivity index (χ0) is 18.8. The lowest BCUT2D eigenvalue weighted by atomic mass is 10.3. The Bertz CT molecular complexity index is 919. The van der Waals surface area contributed by atoms with E-state index in [1.165, 1.54) is 25.1 Å². The van der Waals surface area contributed by atoms with Crippen LogP contribution in [0.3, 0.4) is 0 Å². The van der Waals surface area contributed by atoms with E-state index in [1.54, 1.807) is 18.2 Å². The average Bonchev–Trinajstić information content (AvgIpc) is 2.53. The summed E-state index contributed by atoms with van der Waals surface area (Å²) in [5, 5.41) is 3.12. The predicted octanol–water partition coefficient (Wildman–Crippen LogP) is 4.61. The molecule has 0 unspecified atom stereocenters. The van der Waals surface area contributed by atoms with Crippen LogP contribution in [0.25, 0.3) is 0 Å². The first kappa shape index (κ1) is 20.3. The molecule has 1 amide bonds. The normalized spacial score (nSPS) is 12.7. The molecule has 0 aliphatic carbocycles. The molecule has 2 N–H and O–H groups in total. The molecule has 0 aliphatic heterocycles. The van der Waals surface area contributed by atoms with Gasteiger partial charge < -0.3 is 5.32 Å². The van der Waals surface area contributed by atoms with Crippen molar-refractivity contribution < 1.29 is 13.2 Å². The number of nitrogens with one attached hydrogen (secondary N) is 2. The SMILES string of the molecule is C[C@H](NS(=O)(=O)c1cc(Cl)ccc1Cl)C(=O)Nc1cccc(Cl)c1Cl. The molecule has 2 rings (SSSR count). The molecule has 0 heterocycles. The number of hydrogen-bond donors (Lipinski definition) is 2. The van der Waals surface area contributed by atoms with Crippen LogP contribution in [-0.2, 0) is 14.8 Å². The molecule has 5 nitrogen and oxygen atoms in total. The molecular formula is C15H12Cl4N2O3S. The van der Waals surface area contributed by atoms with Gasteiger partial charge in [-0.15, -0.1) is 0 Å². The maximum absolute atomic E-state index is 12.4. The van der Waals surface area contributed by atoms with Gasteiger partial charge in [0.1, 0.15) is 4.90 Å². The molecule has 2 aromatic carbocycles. The lowest BCUT2D eigenvalue weighted by Crippen LogP contribution is -2.41. The second-order valence-electron chi connectivity index (χ2n) is 5.01. The Morgan fingerprint density at radius 1 is 1.04 bits per heavy atom. The zero-order valence-corrected chi connectivity index (χ0v) is 16.5. The van der Waals surface area contributed by atoms with Gasteiger partial charge in [-0.2, -0.15) is 4.72 Å². The van der Waals surface area contributed by atoms with E-state index in [1.807, 2.05) is 0 Å². The van der Waals surface area contributed by atoms with Crippen molar-refractivity contribution in [2.45, 2.75) is 17.9 Å². The van der Waals surface area contributed by atoms with Crippen molar-refractivity contribution in [2.75, 3.05) is 5.32 Å². The second-order valence-corrected chi connectivity index (χ2v) is 8.32. The van der Waals surface area contributed by atoms with Crippen LogP contribution in [0.1, 0.15) is 6.92 Å². The van der Waals surface area contributed by atoms with Crippen molar-refractivity contribution in [1.82, 2.24) is 4.72 Å². The highest BCUT2D eigenvalue weighted by Crippen LogP contribution is 2.29. The van der Waals surface area contributed by atoms with Crippen molar-refractivity contribution in [1.29, 1.82) is 0 Å². The first-order valence-corrected chi connectivity index (χ1v) is 9.83. The van der Waals surface area contributed by atoms with Gasteiger partial charge in [0.2, 0.25) is 15.9 Å². The third-order valence-corrected chi connectivity index (χ3v) is 6.19. The van der Waals surface area contributed by atoms with E-state index in [0.717, 1.165) is 0 Å². The second kappa shape index (κ2) is 8.12. The summed E-state index contributed by atoms with van der Waals surface area (Å²) >= 11 is 23.6. The number of rotatable bonds is 5. The number of anilines is 1. The van der Waals surface area contributed by atoms with Crippen LogP contribution >= 0.6 is 46.4 Å². The van der Waals surface area contributed by atoms with Gasteiger partial charge in [-0.05, 0) is 37.3 Å². The van der Waals surface area contributed by atoms with E-state index in [2.05, 4.69) is 10.0 Å². The zero-order valence-electron chi connectivity index (χ0n) is 12.7. The third-order valence-electron chi connectivity index (χ3n) is 3.12. The number of amides is 1. The fraction of sp³-hybridized carbons (Fsp3) is 0.133. The molecule has 0 radical (unpaired) electrons. The lowest BCUT2D eigenvalue weighted by molar-refractivity contribution is -0.117. The Kier molecular flexibility index (Phi) is 6.59. The van der Waals surface area contributed by atoms with E-state index >= 15 is 0 Å². The van der Waals surface area contributed by atoms with Crippen molar-refractivity contribution in [2.24, 2.45) is 0 Å². The maximum Gasteiger partial charge on any atom is 0.242 e. The summed E-state index contributed by atoms with van der Waals surface area (Å²) in [6.07, 6.45) is 0. The number of carbonyl (C=O) groups excluding carboxylic acids is 1. The summed E-state index contributed by atoms with van der Waals surface area (Å²) in [7, 11) is -4.05. The molecule has 0 aliphatic rings. The Labute approximate surface area is 165 Å². The number of carbonyl (C=O) groups is 1. The molecule has 0 fully saturated rings. The summed E-state index contributed by atoms with van der Waals surface area (Å²) in [5.74, 6) is -0.620. The molecule has 0 saturated carbocycles. The lowest BCUT2D eigenvalue weighted by Gasteiger charge is -2.16. The molecule has 0 aromatic heterocycles. The molecule has 134 valence electrons. The van der Waals surface area contributed by atoms with Crippen LogP contribution < -0.4 is 10.0 Å². The van der Waals surface area contributed by atoms with Crippen molar-refractivity contribution in [3.63, 3.8) is 0 Å². The summed E-state index contributed by atoms with van der Waals surface area (Å²) in [6.45, 7) is 1.38. The Balaban J connectivity index is 2.17. The highest BCUT2D eigenvalue weighted by Gasteiger charge is 2.25. The van der Waals surface area contributed by atoms with Crippen LogP contribution in [-0.4, -0.2) is 20.4 Å². The predicted molar refractivity (Wildman–Crippen MR) is 101 cm³/mol. The number of sulfonamides is 1. The Morgan fingerprint density at radius 2 is 1.72 bits per heavy atom. The molecule has 10 heteroatoms. The van der Waals surface area contributed by atoms with Crippen LogP contribution in [0, 0.1) is 0 Å². The van der Waals surface area contributed by atoms with E-state index < -0.39 is 22.0 Å². The first-order chi connectivity index (χ1) is 11.6. The molecule has 1 atom stereocenters. The summed E-state index contributed by atoms with van der Waals surface area (Å²) in [6, 6.07) is 7.62. The van der Waals surface area contributed by atoms with E-state index in [9.17, 15) is 13.2 Å². The van der Waals surface area contributed by atoms with Crippen molar-refractivity contribution in [3.8, 4) is 0 Å². The van der Waals surface area contributed by atoms with Crippen LogP contribution in [0.15, 0.2) is 41.3 Å². The molecule has 0 saturated heterocycles. The van der Waals surface area contributed by atoms with Gasteiger partial charge in [-0.25, -0.2) is 8.42 Å². The third kappa shape index (κ3) is 5.00. The smallest absolute Gasteiger partial charge is 0.242 e. The van der Waals surface area contributed by atoms with Crippen molar-refractivity contribution >= 4 is 68.0 Å². The van der Waals surface area contributed by atoms with Crippen LogP contribution in [0.2, 0.25) is 20.1 Å². The van der Waals surface area contributed by atoms with E-state index in [0.29, 0.717) is 0 Å². The molecular weight excluding hydrogens is 430 g/mol. The first-order valence-electron chi connectivity index (χ1n) is 6.84. The van der Waals surface area contributed by atoms with Crippen molar-refractivity contribution in [3.05, 3.63) is 56.5 Å². The number of benzene rings is 2. The van der Waals surface area contributed by atoms with Gasteiger partial charge in [0.05, 0.1) is 26.8 Å². The highest BCUT2D eigenvalue weighted by molar-refractivity contribution is 7.89. The number of halogens is 4. The highest BCUT2D eigenvalue weighted by atomic mass is 35.5. The topological polar surface area (TPSA) is 75.3 Å². The van der Waals surface area contributed by atoms with Gasteiger partial charge in [-0.3, -0.25) is 4.79 Å². The maximum atomic E-state index is 12.4. The standard InChI is InChI=1S/C15H12Cl4N2O3S/c1-8(15(22)20-12-4-2-3-11(18)14(12)19)21-25(23,24)13-7-9(16)5-6-10(13)17/h2-8,21H,1H3,(H,20,22)/t8-/m0/s1. The summed E-state index contributed by atoms with van der Waals surface area (Å²) in [4.78, 5) is 12.0. The summed E-state index contributed by atoms with van der Waals surface area (Å²) < 4.78 is 27.1. The van der Waals surface area contributed by atoms with Crippen LogP contribution in [0.5, 0.6) is 0 Å². The van der Waals surface area contributed by atoms with Gasteiger partial charge in [-0.1, -0.05) is 52.5 Å². The minimum absolute atomic E-state index is 0.0117. The Morgan fingerprint density at radius 3 is 2.40 bits per heavy atom. The van der Waals surface area contributed by atoms with E-state index in [4.69, 9.17) is 46.4 Å². The van der Waals surface area contributed by atoms with Crippen LogP contribution in [0.4, 0.5) is 5.69 Å². The minimum atomic E-state index is -4.05. The monoisotopic (exact) mass is 440 g/mol. The summed E-state index contributed by atoms with van der Waals surface area (Å²) in [5.41, 5.74) is 0.269. The minimum Gasteiger partial charge on any atom is -0.323 e. The molecule has 2 aromatic rings. The van der Waals surface area contributed by atoms with E-state index in [-0.39, 0.29) is 30.7 Å². The Hall–Kier alpha value is -1.02. The number of hydrogen-bond acceptors (Lipinski definition) is 3. The van der Waals surface area contributed by atoms with Gasteiger partial charge in [0.15, 0.2) is 0 Å². The molecule has 25 heavy (non-hydrogen) atoms. The molecule has 0 bridgehead atoms. The van der Waals surface area contributed by atoms with Gasteiger partial charge in [0, 0.05) is 5.02 Å². The fourth-order valence-electron chi connectivity index (χ4n) is 1.87.